The van der Waals surface area contributed by atoms with Crippen LogP contribution in [0.25, 0.3) is 16.5 Å². The zero-order valence-corrected chi connectivity index (χ0v) is 12.4. The van der Waals surface area contributed by atoms with Crippen LogP contribution in [0.5, 0.6) is 0 Å². The third kappa shape index (κ3) is 1.63. The Kier molecular flexibility index (Phi) is 2.69. The van der Waals surface area contributed by atoms with Crippen LogP contribution in [0, 0.1) is 13.8 Å². The Labute approximate surface area is 122 Å². The molecular weight excluding hydrogens is 268 g/mol. The smallest absolute Gasteiger partial charge is 0.296 e. The summed E-state index contributed by atoms with van der Waals surface area (Å²) in [5.41, 5.74) is 3.59. The van der Waals surface area contributed by atoms with Crippen LogP contribution in [0.1, 0.15) is 16.8 Å². The van der Waals surface area contributed by atoms with E-state index >= 15 is 0 Å². The van der Waals surface area contributed by atoms with Gasteiger partial charge >= 0.3 is 0 Å². The molecule has 2 aromatic rings. The van der Waals surface area contributed by atoms with E-state index in [4.69, 9.17) is 0 Å². The summed E-state index contributed by atoms with van der Waals surface area (Å²) in [6.45, 7) is 3.84. The lowest BCUT2D eigenvalue weighted by atomic mass is 10.0. The largest absolute Gasteiger partial charge is 0.502 e. The van der Waals surface area contributed by atoms with Crippen molar-refractivity contribution < 1.29 is 14.7 Å². The van der Waals surface area contributed by atoms with E-state index in [1.54, 1.807) is 0 Å². The number of imide groups is 1. The zero-order chi connectivity index (χ0) is 15.5. The topological polar surface area (TPSA) is 62.5 Å². The average Bonchev–Trinajstić information content (AvgIpc) is 2.79. The fourth-order valence-corrected chi connectivity index (χ4v) is 2.85. The first-order valence-corrected chi connectivity index (χ1v) is 6.66. The van der Waals surface area contributed by atoms with Gasteiger partial charge in [-0.2, -0.15) is 0 Å². The maximum atomic E-state index is 12.3. The lowest BCUT2D eigenvalue weighted by Crippen LogP contribution is -2.26. The minimum absolute atomic E-state index is 0.0937. The second-order valence-corrected chi connectivity index (χ2v) is 5.43. The lowest BCUT2D eigenvalue weighted by Gasteiger charge is -2.06. The number of carbonyl (C=O) groups excluding carboxylic acids is 2. The van der Waals surface area contributed by atoms with Gasteiger partial charge in [-0.05, 0) is 26.0 Å². The van der Waals surface area contributed by atoms with Crippen LogP contribution in [-0.4, -0.2) is 33.4 Å². The number of hydrogen-bond donors (Lipinski definition) is 1. The SMILES string of the molecule is Cc1ccc2c(c1)c(C1=C(O)C(=O)N(C)C1=O)c(C)n2C. The number of likely N-dealkylation sites (N-methyl/N-ethyl adjacent to an activating group) is 1. The van der Waals surface area contributed by atoms with Crippen molar-refractivity contribution in [3.63, 3.8) is 0 Å². The van der Waals surface area contributed by atoms with E-state index in [1.165, 1.54) is 7.05 Å². The Morgan fingerprint density at radius 2 is 1.71 bits per heavy atom. The van der Waals surface area contributed by atoms with Gasteiger partial charge in [0.1, 0.15) is 0 Å². The highest BCUT2D eigenvalue weighted by Crippen LogP contribution is 2.36. The van der Waals surface area contributed by atoms with Crippen molar-refractivity contribution in [3.05, 3.63) is 40.8 Å². The van der Waals surface area contributed by atoms with Gasteiger partial charge in [0.05, 0.1) is 5.57 Å². The second kappa shape index (κ2) is 4.22. The van der Waals surface area contributed by atoms with Crippen molar-refractivity contribution in [1.29, 1.82) is 0 Å². The normalized spacial score (nSPS) is 15.7. The maximum absolute atomic E-state index is 12.3. The minimum Gasteiger partial charge on any atom is -0.502 e. The highest BCUT2D eigenvalue weighted by Gasteiger charge is 2.38. The van der Waals surface area contributed by atoms with E-state index in [1.807, 2.05) is 43.7 Å². The van der Waals surface area contributed by atoms with Gasteiger partial charge in [0.25, 0.3) is 11.8 Å². The zero-order valence-electron chi connectivity index (χ0n) is 12.4. The molecule has 5 nitrogen and oxygen atoms in total. The molecule has 1 aromatic carbocycles. The van der Waals surface area contributed by atoms with E-state index in [0.717, 1.165) is 27.1 Å². The standard InChI is InChI=1S/C16H16N2O3/c1-8-5-6-11-10(7-8)12(9(2)17(11)3)13-14(19)16(21)18(4)15(13)20/h5-7,19H,1-4H3. The molecule has 1 aliphatic heterocycles. The van der Waals surface area contributed by atoms with Crippen molar-refractivity contribution in [1.82, 2.24) is 9.47 Å². The lowest BCUT2D eigenvalue weighted by molar-refractivity contribution is -0.136. The number of aliphatic hydroxyl groups is 1. The molecule has 0 aliphatic carbocycles. The summed E-state index contributed by atoms with van der Waals surface area (Å²) in [5.74, 6) is -1.59. The molecule has 0 atom stereocenters. The number of aliphatic hydroxyl groups excluding tert-OH is 1. The van der Waals surface area contributed by atoms with Crippen LogP contribution < -0.4 is 0 Å². The summed E-state index contributed by atoms with van der Waals surface area (Å²) in [6, 6.07) is 5.94. The van der Waals surface area contributed by atoms with Crippen LogP contribution in [0.15, 0.2) is 24.0 Å². The second-order valence-electron chi connectivity index (χ2n) is 5.43. The third-order valence-electron chi connectivity index (χ3n) is 4.16. The van der Waals surface area contributed by atoms with Crippen molar-refractivity contribution in [3.8, 4) is 0 Å². The van der Waals surface area contributed by atoms with E-state index in [9.17, 15) is 14.7 Å². The monoisotopic (exact) mass is 284 g/mol. The van der Waals surface area contributed by atoms with E-state index in [0.29, 0.717) is 5.56 Å². The summed E-state index contributed by atoms with van der Waals surface area (Å²) in [7, 11) is 3.28. The molecule has 0 saturated carbocycles. The van der Waals surface area contributed by atoms with Gasteiger partial charge in [0.2, 0.25) is 0 Å². The Bertz CT molecular complexity index is 843. The molecule has 3 rings (SSSR count). The molecule has 0 radical (unpaired) electrons. The molecule has 0 fully saturated rings. The van der Waals surface area contributed by atoms with Crippen LogP contribution in [-0.2, 0) is 16.6 Å². The fourth-order valence-electron chi connectivity index (χ4n) is 2.85. The predicted molar refractivity (Wildman–Crippen MR) is 79.7 cm³/mol. The Hall–Kier alpha value is -2.56. The van der Waals surface area contributed by atoms with Gasteiger partial charge in [-0.25, -0.2) is 0 Å². The van der Waals surface area contributed by atoms with E-state index in [2.05, 4.69) is 0 Å². The van der Waals surface area contributed by atoms with Crippen LogP contribution in [0.4, 0.5) is 0 Å². The highest BCUT2D eigenvalue weighted by molar-refractivity contribution is 6.36. The number of rotatable bonds is 1. The molecule has 1 aliphatic rings. The molecule has 2 heterocycles. The molecule has 0 bridgehead atoms. The first-order valence-electron chi connectivity index (χ1n) is 6.66. The molecule has 5 heteroatoms. The Morgan fingerprint density at radius 1 is 1.05 bits per heavy atom. The van der Waals surface area contributed by atoms with Gasteiger partial charge in [-0.3, -0.25) is 14.5 Å². The summed E-state index contributed by atoms with van der Waals surface area (Å²) in [5, 5.41) is 10.9. The fraction of sp³-hybridized carbons (Fsp3) is 0.250. The number of benzene rings is 1. The molecule has 2 amide bonds. The summed E-state index contributed by atoms with van der Waals surface area (Å²) < 4.78 is 1.96. The molecular formula is C16H16N2O3. The Balaban J connectivity index is 2.41. The van der Waals surface area contributed by atoms with Gasteiger partial charge in [0, 0.05) is 36.3 Å². The van der Waals surface area contributed by atoms with Gasteiger partial charge in [-0.15, -0.1) is 0 Å². The van der Waals surface area contributed by atoms with Crippen LogP contribution >= 0.6 is 0 Å². The molecule has 0 unspecified atom stereocenters. The van der Waals surface area contributed by atoms with Crippen molar-refractivity contribution >= 4 is 28.3 Å². The molecule has 108 valence electrons. The number of carbonyl (C=O) groups is 2. The van der Waals surface area contributed by atoms with E-state index in [-0.39, 0.29) is 5.57 Å². The summed E-state index contributed by atoms with van der Waals surface area (Å²) in [4.78, 5) is 25.0. The number of aromatic nitrogens is 1. The van der Waals surface area contributed by atoms with Crippen LogP contribution in [0.2, 0.25) is 0 Å². The number of hydrogen-bond acceptors (Lipinski definition) is 3. The van der Waals surface area contributed by atoms with E-state index < -0.39 is 17.6 Å². The number of fused-ring (bicyclic) bond motifs is 1. The number of aryl methyl sites for hydroxylation is 2. The molecule has 1 N–H and O–H groups in total. The third-order valence-corrected chi connectivity index (χ3v) is 4.16. The highest BCUT2D eigenvalue weighted by atomic mass is 16.3. The van der Waals surface area contributed by atoms with Crippen molar-refractivity contribution in [2.24, 2.45) is 7.05 Å². The van der Waals surface area contributed by atoms with Crippen molar-refractivity contribution in [2.45, 2.75) is 13.8 Å². The minimum atomic E-state index is -0.654. The Morgan fingerprint density at radius 3 is 2.29 bits per heavy atom. The van der Waals surface area contributed by atoms with Gasteiger partial charge < -0.3 is 9.67 Å². The number of amides is 2. The molecule has 1 aromatic heterocycles. The summed E-state index contributed by atoms with van der Waals surface area (Å²) in [6.07, 6.45) is 0. The van der Waals surface area contributed by atoms with Gasteiger partial charge in [-0.1, -0.05) is 11.6 Å². The number of nitrogens with zero attached hydrogens (tertiary/aromatic N) is 2. The quantitative estimate of drug-likeness (QED) is 0.815. The first-order chi connectivity index (χ1) is 9.84. The average molecular weight is 284 g/mol. The summed E-state index contributed by atoms with van der Waals surface area (Å²) >= 11 is 0. The van der Waals surface area contributed by atoms with Gasteiger partial charge in [0.15, 0.2) is 5.76 Å². The first kappa shape index (κ1) is 13.4. The van der Waals surface area contributed by atoms with Crippen LogP contribution in [0.3, 0.4) is 0 Å². The maximum Gasteiger partial charge on any atom is 0.296 e. The predicted octanol–water partition coefficient (Wildman–Crippen LogP) is 2.06. The molecule has 0 saturated heterocycles. The van der Waals surface area contributed by atoms with Crippen molar-refractivity contribution in [2.75, 3.05) is 7.05 Å². The molecule has 21 heavy (non-hydrogen) atoms. The molecule has 0 spiro atoms.